The number of rotatable bonds is 3. The fraction of sp³-hybridized carbons (Fsp3) is 0.250. The number of primary amides is 1. The maximum Gasteiger partial charge on any atom is 0.227 e. The van der Waals surface area contributed by atoms with Crippen LogP contribution < -0.4 is 5.73 Å². The molecular formula is C4H4ClN3OS2. The molecule has 0 aliphatic rings. The summed E-state index contributed by atoms with van der Waals surface area (Å²) in [6, 6.07) is 0. The Hall–Kier alpha value is -0.330. The Bertz CT molecular complexity index is 264. The van der Waals surface area contributed by atoms with Crippen molar-refractivity contribution in [3.05, 3.63) is 5.15 Å². The molecule has 0 radical (unpaired) electrons. The van der Waals surface area contributed by atoms with Gasteiger partial charge in [-0.2, -0.15) is 8.75 Å². The number of hydrogen-bond donors (Lipinski definition) is 1. The van der Waals surface area contributed by atoms with Gasteiger partial charge in [-0.15, -0.1) is 0 Å². The van der Waals surface area contributed by atoms with E-state index < -0.39 is 0 Å². The predicted molar refractivity (Wildman–Crippen MR) is 44.8 cm³/mol. The van der Waals surface area contributed by atoms with Crippen LogP contribution in [-0.4, -0.2) is 20.4 Å². The van der Waals surface area contributed by atoms with Crippen LogP contribution in [0, 0.1) is 0 Å². The molecule has 1 rings (SSSR count). The van der Waals surface area contributed by atoms with Crippen LogP contribution in [0.2, 0.25) is 5.15 Å². The highest BCUT2D eigenvalue weighted by atomic mass is 35.5. The lowest BCUT2D eigenvalue weighted by Crippen LogP contribution is -2.12. The average Bonchev–Trinajstić information content (AvgIpc) is 2.31. The molecular weight excluding hydrogens is 206 g/mol. The van der Waals surface area contributed by atoms with Crippen molar-refractivity contribution in [2.24, 2.45) is 5.73 Å². The molecule has 0 atom stereocenters. The first-order valence-corrected chi connectivity index (χ1v) is 4.68. The quantitative estimate of drug-likeness (QED) is 0.747. The minimum Gasteiger partial charge on any atom is -0.369 e. The minimum atomic E-state index is -0.390. The molecule has 0 fully saturated rings. The number of carbonyl (C=O) groups is 1. The van der Waals surface area contributed by atoms with Crippen molar-refractivity contribution in [1.82, 2.24) is 8.75 Å². The second-order valence-electron chi connectivity index (χ2n) is 1.62. The molecule has 0 aliphatic heterocycles. The van der Waals surface area contributed by atoms with Gasteiger partial charge in [-0.3, -0.25) is 4.79 Å². The summed E-state index contributed by atoms with van der Waals surface area (Å²) in [4.78, 5) is 10.3. The van der Waals surface area contributed by atoms with E-state index in [4.69, 9.17) is 17.3 Å². The Balaban J connectivity index is 2.51. The van der Waals surface area contributed by atoms with Crippen molar-refractivity contribution in [2.45, 2.75) is 5.03 Å². The van der Waals surface area contributed by atoms with Crippen molar-refractivity contribution in [3.63, 3.8) is 0 Å². The van der Waals surface area contributed by atoms with Gasteiger partial charge >= 0.3 is 0 Å². The van der Waals surface area contributed by atoms with E-state index in [1.807, 2.05) is 0 Å². The maximum atomic E-state index is 10.3. The molecule has 0 saturated carbocycles. The van der Waals surface area contributed by atoms with Crippen LogP contribution in [0.1, 0.15) is 0 Å². The number of halogens is 1. The molecule has 4 nitrogen and oxygen atoms in total. The maximum absolute atomic E-state index is 10.3. The summed E-state index contributed by atoms with van der Waals surface area (Å²) in [5.74, 6) is -0.204. The lowest BCUT2D eigenvalue weighted by atomic mass is 10.8. The molecule has 0 unspecified atom stereocenters. The van der Waals surface area contributed by atoms with Crippen LogP contribution in [-0.2, 0) is 4.79 Å². The van der Waals surface area contributed by atoms with E-state index in [1.165, 1.54) is 11.8 Å². The lowest BCUT2D eigenvalue weighted by molar-refractivity contribution is -0.115. The summed E-state index contributed by atoms with van der Waals surface area (Å²) in [5, 5.41) is 0.900. The Labute approximate surface area is 76.5 Å². The lowest BCUT2D eigenvalue weighted by Gasteiger charge is -1.90. The number of thioether (sulfide) groups is 1. The van der Waals surface area contributed by atoms with Gasteiger partial charge in [0.1, 0.15) is 5.03 Å². The number of nitrogens with two attached hydrogens (primary N) is 1. The fourth-order valence-electron chi connectivity index (χ4n) is 0.395. The van der Waals surface area contributed by atoms with Gasteiger partial charge in [-0.05, 0) is 0 Å². The summed E-state index contributed by atoms with van der Waals surface area (Å²) < 4.78 is 7.56. The number of nitrogens with zero attached hydrogens (tertiary/aromatic N) is 2. The van der Waals surface area contributed by atoms with Gasteiger partial charge in [0.15, 0.2) is 5.15 Å². The molecule has 1 aromatic heterocycles. The first-order valence-electron chi connectivity index (χ1n) is 2.59. The SMILES string of the molecule is NC(=O)CSc1nsnc1Cl. The van der Waals surface area contributed by atoms with Gasteiger partial charge in [-0.1, -0.05) is 23.4 Å². The van der Waals surface area contributed by atoms with Gasteiger partial charge in [0.2, 0.25) is 5.91 Å². The van der Waals surface area contributed by atoms with E-state index >= 15 is 0 Å². The van der Waals surface area contributed by atoms with E-state index in [-0.39, 0.29) is 11.7 Å². The summed E-state index contributed by atoms with van der Waals surface area (Å²) >= 11 is 7.79. The molecule has 0 saturated heterocycles. The largest absolute Gasteiger partial charge is 0.369 e. The zero-order valence-electron chi connectivity index (χ0n) is 5.28. The van der Waals surface area contributed by atoms with Crippen molar-refractivity contribution in [1.29, 1.82) is 0 Å². The van der Waals surface area contributed by atoms with E-state index in [9.17, 15) is 4.79 Å². The molecule has 60 valence electrons. The average molecular weight is 210 g/mol. The van der Waals surface area contributed by atoms with Gasteiger partial charge in [-0.25, -0.2) is 0 Å². The van der Waals surface area contributed by atoms with Crippen molar-refractivity contribution < 1.29 is 4.79 Å². The molecule has 0 bridgehead atoms. The third kappa shape index (κ3) is 2.64. The number of carbonyl (C=O) groups excluding carboxylic acids is 1. The van der Waals surface area contributed by atoms with Crippen LogP contribution in [0.4, 0.5) is 0 Å². The minimum absolute atomic E-state index is 0.186. The number of hydrogen-bond acceptors (Lipinski definition) is 5. The third-order valence-corrected chi connectivity index (χ3v) is 2.88. The monoisotopic (exact) mass is 209 g/mol. The van der Waals surface area contributed by atoms with Crippen molar-refractivity contribution in [2.75, 3.05) is 5.75 Å². The molecule has 1 aromatic rings. The first kappa shape index (κ1) is 8.76. The normalized spacial score (nSPS) is 9.91. The van der Waals surface area contributed by atoms with Gasteiger partial charge in [0, 0.05) is 0 Å². The van der Waals surface area contributed by atoms with Crippen LogP contribution >= 0.6 is 35.1 Å². The fourth-order valence-corrected chi connectivity index (χ4v) is 1.92. The highest BCUT2D eigenvalue weighted by molar-refractivity contribution is 8.00. The highest BCUT2D eigenvalue weighted by Crippen LogP contribution is 2.23. The van der Waals surface area contributed by atoms with Crippen molar-refractivity contribution in [3.8, 4) is 0 Å². The molecule has 7 heteroatoms. The number of aromatic nitrogens is 2. The predicted octanol–water partition coefficient (Wildman–Crippen LogP) is 0.769. The Morgan fingerprint density at radius 1 is 1.73 bits per heavy atom. The van der Waals surface area contributed by atoms with E-state index in [0.29, 0.717) is 10.2 Å². The van der Waals surface area contributed by atoms with E-state index in [0.717, 1.165) is 11.7 Å². The number of amides is 1. The molecule has 0 spiro atoms. The summed E-state index contributed by atoms with van der Waals surface area (Å²) in [6.45, 7) is 0. The smallest absolute Gasteiger partial charge is 0.227 e. The van der Waals surface area contributed by atoms with Gasteiger partial charge in [0.05, 0.1) is 17.5 Å². The van der Waals surface area contributed by atoms with Gasteiger partial charge in [0.25, 0.3) is 0 Å². The molecule has 11 heavy (non-hydrogen) atoms. The van der Waals surface area contributed by atoms with Crippen LogP contribution in [0.25, 0.3) is 0 Å². The second kappa shape index (κ2) is 3.89. The Kier molecular flexibility index (Phi) is 3.10. The van der Waals surface area contributed by atoms with Crippen molar-refractivity contribution >= 4 is 41.0 Å². The van der Waals surface area contributed by atoms with E-state index in [2.05, 4.69) is 8.75 Å². The molecule has 1 heterocycles. The highest BCUT2D eigenvalue weighted by Gasteiger charge is 2.06. The molecule has 2 N–H and O–H groups in total. The van der Waals surface area contributed by atoms with Crippen LogP contribution in [0.15, 0.2) is 5.03 Å². The topological polar surface area (TPSA) is 68.9 Å². The standard InChI is InChI=1S/C4H4ClN3OS2/c5-3-4(8-11-7-3)10-1-2(6)9/h1H2,(H2,6,9). The molecule has 0 aromatic carbocycles. The molecule has 0 aliphatic carbocycles. The third-order valence-electron chi connectivity index (χ3n) is 0.772. The summed E-state index contributed by atoms with van der Waals surface area (Å²) in [7, 11) is 0. The van der Waals surface area contributed by atoms with Gasteiger partial charge < -0.3 is 5.73 Å². The van der Waals surface area contributed by atoms with Crippen LogP contribution in [0.3, 0.4) is 0 Å². The Morgan fingerprint density at radius 2 is 2.45 bits per heavy atom. The summed E-state index contributed by atoms with van der Waals surface area (Å²) in [5.41, 5.74) is 4.91. The first-order chi connectivity index (χ1) is 5.20. The second-order valence-corrected chi connectivity index (χ2v) is 3.47. The molecule has 1 amide bonds. The summed E-state index contributed by atoms with van der Waals surface area (Å²) in [6.07, 6.45) is 0. The van der Waals surface area contributed by atoms with Crippen LogP contribution in [0.5, 0.6) is 0 Å². The zero-order valence-corrected chi connectivity index (χ0v) is 7.67. The Morgan fingerprint density at radius 3 is 2.91 bits per heavy atom. The zero-order chi connectivity index (χ0) is 8.27. The van der Waals surface area contributed by atoms with E-state index in [1.54, 1.807) is 0 Å².